The summed E-state index contributed by atoms with van der Waals surface area (Å²) in [5.74, 6) is 0.0517. The Kier molecular flexibility index (Phi) is 6.53. The van der Waals surface area contributed by atoms with Gasteiger partial charge in [-0.25, -0.2) is 0 Å². The third-order valence-corrected chi connectivity index (χ3v) is 6.43. The van der Waals surface area contributed by atoms with Crippen LogP contribution in [0.5, 0.6) is 0 Å². The van der Waals surface area contributed by atoms with Crippen molar-refractivity contribution in [3.05, 3.63) is 71.3 Å². The summed E-state index contributed by atoms with van der Waals surface area (Å²) in [5, 5.41) is 0. The van der Waals surface area contributed by atoms with E-state index in [4.69, 9.17) is 5.73 Å². The second-order valence-corrected chi connectivity index (χ2v) is 8.18. The van der Waals surface area contributed by atoms with Crippen molar-refractivity contribution in [1.82, 2.24) is 9.80 Å². The number of carbonyl (C=O) groups is 1. The molecular formula is C24H33N3O. The molecule has 4 heteroatoms. The van der Waals surface area contributed by atoms with Gasteiger partial charge < -0.3 is 10.6 Å². The SMILES string of the molecule is Cc1ccccc1CC(CN)C(=O)N1CCC(c2ccccc2)(N(C)C)CC1. The van der Waals surface area contributed by atoms with Crippen LogP contribution in [0.3, 0.4) is 0 Å². The molecule has 0 aliphatic carbocycles. The third kappa shape index (κ3) is 4.13. The second-order valence-electron chi connectivity index (χ2n) is 8.18. The van der Waals surface area contributed by atoms with Gasteiger partial charge in [-0.1, -0.05) is 54.6 Å². The van der Waals surface area contributed by atoms with Gasteiger partial charge in [-0.15, -0.1) is 0 Å². The van der Waals surface area contributed by atoms with Crippen LogP contribution in [0.15, 0.2) is 54.6 Å². The third-order valence-electron chi connectivity index (χ3n) is 6.43. The highest BCUT2D eigenvalue weighted by atomic mass is 16.2. The van der Waals surface area contributed by atoms with Crippen LogP contribution >= 0.6 is 0 Å². The highest BCUT2D eigenvalue weighted by Crippen LogP contribution is 2.37. The van der Waals surface area contributed by atoms with Crippen LogP contribution < -0.4 is 5.73 Å². The summed E-state index contributed by atoms with van der Waals surface area (Å²) in [7, 11) is 4.29. The van der Waals surface area contributed by atoms with Crippen molar-refractivity contribution >= 4 is 5.91 Å². The summed E-state index contributed by atoms with van der Waals surface area (Å²) in [6, 6.07) is 18.9. The van der Waals surface area contributed by atoms with Crippen molar-refractivity contribution in [1.29, 1.82) is 0 Å². The Balaban J connectivity index is 1.70. The highest BCUT2D eigenvalue weighted by Gasteiger charge is 2.40. The lowest BCUT2D eigenvalue weighted by molar-refractivity contribution is -0.138. The van der Waals surface area contributed by atoms with Gasteiger partial charge >= 0.3 is 0 Å². The maximum absolute atomic E-state index is 13.2. The molecule has 1 fully saturated rings. The highest BCUT2D eigenvalue weighted by molar-refractivity contribution is 5.79. The number of carbonyl (C=O) groups excluding carboxylic acids is 1. The summed E-state index contributed by atoms with van der Waals surface area (Å²) in [6.45, 7) is 4.03. The molecule has 1 unspecified atom stereocenters. The second kappa shape index (κ2) is 8.89. The number of hydrogen-bond donors (Lipinski definition) is 1. The van der Waals surface area contributed by atoms with Gasteiger partial charge in [0.25, 0.3) is 0 Å². The van der Waals surface area contributed by atoms with Gasteiger partial charge in [-0.3, -0.25) is 9.69 Å². The molecule has 3 rings (SSSR count). The first-order valence-corrected chi connectivity index (χ1v) is 10.2. The molecule has 0 saturated carbocycles. The zero-order valence-corrected chi connectivity index (χ0v) is 17.4. The van der Waals surface area contributed by atoms with E-state index in [-0.39, 0.29) is 17.4 Å². The molecule has 2 aromatic carbocycles. The molecular weight excluding hydrogens is 346 g/mol. The van der Waals surface area contributed by atoms with Gasteiger partial charge in [-0.2, -0.15) is 0 Å². The minimum Gasteiger partial charge on any atom is -0.342 e. The Morgan fingerprint density at radius 3 is 2.25 bits per heavy atom. The number of benzene rings is 2. The molecule has 0 radical (unpaired) electrons. The van der Waals surface area contributed by atoms with Crippen LogP contribution in [0.4, 0.5) is 0 Å². The largest absolute Gasteiger partial charge is 0.342 e. The predicted octanol–water partition coefficient (Wildman–Crippen LogP) is 3.19. The van der Waals surface area contributed by atoms with Gasteiger partial charge in [0.2, 0.25) is 5.91 Å². The van der Waals surface area contributed by atoms with E-state index in [9.17, 15) is 4.79 Å². The Hall–Kier alpha value is -2.17. The summed E-state index contributed by atoms with van der Waals surface area (Å²) in [5.41, 5.74) is 9.79. The van der Waals surface area contributed by atoms with Gasteiger partial charge in [0.1, 0.15) is 0 Å². The van der Waals surface area contributed by atoms with Crippen LogP contribution in [0.2, 0.25) is 0 Å². The molecule has 1 atom stereocenters. The number of rotatable bonds is 6. The van der Waals surface area contributed by atoms with E-state index in [1.807, 2.05) is 17.0 Å². The zero-order valence-electron chi connectivity index (χ0n) is 17.4. The number of nitrogens with zero attached hydrogens (tertiary/aromatic N) is 2. The maximum Gasteiger partial charge on any atom is 0.227 e. The summed E-state index contributed by atoms with van der Waals surface area (Å²) in [6.07, 6.45) is 2.60. The van der Waals surface area contributed by atoms with E-state index in [1.165, 1.54) is 16.7 Å². The van der Waals surface area contributed by atoms with E-state index in [2.05, 4.69) is 68.4 Å². The van der Waals surface area contributed by atoms with Crippen molar-refractivity contribution in [3.63, 3.8) is 0 Å². The number of amides is 1. The fraction of sp³-hybridized carbons (Fsp3) is 0.458. The number of nitrogens with two attached hydrogens (primary N) is 1. The first-order valence-electron chi connectivity index (χ1n) is 10.2. The summed E-state index contributed by atoms with van der Waals surface area (Å²) >= 11 is 0. The lowest BCUT2D eigenvalue weighted by atomic mass is 9.79. The van der Waals surface area contributed by atoms with E-state index in [0.717, 1.165) is 32.4 Å². The monoisotopic (exact) mass is 379 g/mol. The predicted molar refractivity (Wildman–Crippen MR) is 115 cm³/mol. The van der Waals surface area contributed by atoms with Crippen molar-refractivity contribution < 1.29 is 4.79 Å². The van der Waals surface area contributed by atoms with Crippen molar-refractivity contribution in [2.75, 3.05) is 33.7 Å². The van der Waals surface area contributed by atoms with E-state index in [0.29, 0.717) is 6.54 Å². The van der Waals surface area contributed by atoms with Crippen molar-refractivity contribution in [2.24, 2.45) is 11.7 Å². The average Bonchev–Trinajstić information content (AvgIpc) is 2.73. The van der Waals surface area contributed by atoms with Crippen molar-refractivity contribution in [2.45, 2.75) is 31.7 Å². The maximum atomic E-state index is 13.2. The van der Waals surface area contributed by atoms with E-state index in [1.54, 1.807) is 0 Å². The molecule has 0 aromatic heterocycles. The van der Waals surface area contributed by atoms with Crippen LogP contribution in [0.25, 0.3) is 0 Å². The van der Waals surface area contributed by atoms with E-state index < -0.39 is 0 Å². The lowest BCUT2D eigenvalue weighted by Gasteiger charge is -2.47. The smallest absolute Gasteiger partial charge is 0.227 e. The summed E-state index contributed by atoms with van der Waals surface area (Å²) in [4.78, 5) is 17.5. The van der Waals surface area contributed by atoms with E-state index >= 15 is 0 Å². The Bertz CT molecular complexity index is 779. The average molecular weight is 380 g/mol. The minimum absolute atomic E-state index is 0.00767. The molecule has 28 heavy (non-hydrogen) atoms. The number of piperidine rings is 1. The topological polar surface area (TPSA) is 49.6 Å². The zero-order chi connectivity index (χ0) is 20.1. The quantitative estimate of drug-likeness (QED) is 0.839. The van der Waals surface area contributed by atoms with Crippen LogP contribution in [-0.4, -0.2) is 49.4 Å². The van der Waals surface area contributed by atoms with Crippen LogP contribution in [-0.2, 0) is 16.8 Å². The first-order chi connectivity index (χ1) is 13.5. The molecule has 1 amide bonds. The molecule has 0 spiro atoms. The Morgan fingerprint density at radius 1 is 1.07 bits per heavy atom. The first kappa shape index (κ1) is 20.6. The fourth-order valence-corrected chi connectivity index (χ4v) is 4.47. The molecule has 1 heterocycles. The van der Waals surface area contributed by atoms with Gasteiger partial charge in [0, 0.05) is 25.2 Å². The van der Waals surface area contributed by atoms with Gasteiger partial charge in [-0.05, 0) is 57.0 Å². The summed E-state index contributed by atoms with van der Waals surface area (Å²) < 4.78 is 0. The van der Waals surface area contributed by atoms with Gasteiger partial charge in [0.15, 0.2) is 0 Å². The molecule has 4 nitrogen and oxygen atoms in total. The molecule has 150 valence electrons. The Labute approximate surface area is 169 Å². The fourth-order valence-electron chi connectivity index (χ4n) is 4.47. The number of aryl methyl sites for hydroxylation is 1. The lowest BCUT2D eigenvalue weighted by Crippen LogP contribution is -2.53. The molecule has 2 N–H and O–H groups in total. The molecule has 1 aliphatic heterocycles. The molecule has 1 saturated heterocycles. The number of hydrogen-bond acceptors (Lipinski definition) is 3. The van der Waals surface area contributed by atoms with Crippen LogP contribution in [0, 0.1) is 12.8 Å². The number of likely N-dealkylation sites (tertiary alicyclic amines) is 1. The molecule has 0 bridgehead atoms. The molecule has 2 aromatic rings. The normalized spacial score (nSPS) is 17.5. The standard InChI is InChI=1S/C24H33N3O/c1-19-9-7-8-10-20(19)17-21(18-25)23(28)27-15-13-24(14-16-27,26(2)3)22-11-5-4-6-12-22/h4-12,21H,13-18,25H2,1-3H3. The Morgan fingerprint density at radius 2 is 1.68 bits per heavy atom. The molecule has 1 aliphatic rings. The minimum atomic E-state index is -0.148. The van der Waals surface area contributed by atoms with Gasteiger partial charge in [0.05, 0.1) is 5.92 Å². The van der Waals surface area contributed by atoms with Crippen LogP contribution in [0.1, 0.15) is 29.5 Å². The van der Waals surface area contributed by atoms with Crippen molar-refractivity contribution in [3.8, 4) is 0 Å².